The molecule has 2 unspecified atom stereocenters. The molecule has 1 aliphatic rings. The Hall–Kier alpha value is -2.57. The Morgan fingerprint density at radius 3 is 2.55 bits per heavy atom. The highest BCUT2D eigenvalue weighted by atomic mass is 35.5. The number of rotatable bonds is 6. The number of amides is 2. The van der Waals surface area contributed by atoms with E-state index in [9.17, 15) is 9.59 Å². The summed E-state index contributed by atoms with van der Waals surface area (Å²) in [4.78, 5) is 26.8. The number of piperazine rings is 1. The van der Waals surface area contributed by atoms with Gasteiger partial charge in [-0.05, 0) is 11.6 Å². The largest absolute Gasteiger partial charge is 0.496 e. The monoisotopic (exact) mass is 417 g/mol. The van der Waals surface area contributed by atoms with E-state index in [0.717, 1.165) is 23.4 Å². The Morgan fingerprint density at radius 2 is 1.86 bits per heavy atom. The fraction of sp³-hybridized carbons (Fsp3) is 0.364. The molecule has 29 heavy (non-hydrogen) atoms. The topological polar surface area (TPSA) is 70.7 Å². The molecule has 7 heteroatoms. The van der Waals surface area contributed by atoms with Crippen LogP contribution in [0.2, 0.25) is 0 Å². The first-order chi connectivity index (χ1) is 13.6. The Morgan fingerprint density at radius 1 is 1.17 bits per heavy atom. The lowest BCUT2D eigenvalue weighted by Crippen LogP contribution is -2.49. The molecule has 0 saturated carbocycles. The molecule has 1 aliphatic heterocycles. The lowest BCUT2D eigenvalue weighted by atomic mass is 9.99. The maximum absolute atomic E-state index is 13.3. The van der Waals surface area contributed by atoms with Gasteiger partial charge < -0.3 is 20.3 Å². The SMILES string of the molecule is COc1ccccc1C1CNCCN1C(=O)CC(NC(C)=O)c1ccccc1.Cl. The zero-order valence-electron chi connectivity index (χ0n) is 16.8. The number of hydrogen-bond acceptors (Lipinski definition) is 4. The quantitative estimate of drug-likeness (QED) is 0.758. The summed E-state index contributed by atoms with van der Waals surface area (Å²) in [7, 11) is 1.64. The van der Waals surface area contributed by atoms with Crippen LogP contribution >= 0.6 is 12.4 Å². The van der Waals surface area contributed by atoms with Gasteiger partial charge in [0.15, 0.2) is 0 Å². The summed E-state index contributed by atoms with van der Waals surface area (Å²) in [6, 6.07) is 17.0. The van der Waals surface area contributed by atoms with Crippen molar-refractivity contribution in [1.82, 2.24) is 15.5 Å². The van der Waals surface area contributed by atoms with Gasteiger partial charge in [-0.3, -0.25) is 9.59 Å². The van der Waals surface area contributed by atoms with Gasteiger partial charge in [0.05, 0.1) is 25.6 Å². The van der Waals surface area contributed by atoms with E-state index in [1.807, 2.05) is 59.5 Å². The predicted octanol–water partition coefficient (Wildman–Crippen LogP) is 2.86. The van der Waals surface area contributed by atoms with Crippen LogP contribution in [-0.2, 0) is 9.59 Å². The fourth-order valence-corrected chi connectivity index (χ4v) is 3.70. The van der Waals surface area contributed by atoms with Crippen LogP contribution in [0.4, 0.5) is 0 Å². The standard InChI is InChI=1S/C22H27N3O3.ClH/c1-16(26)24-19(17-8-4-3-5-9-17)14-22(27)25-13-12-23-15-20(25)18-10-6-7-11-21(18)28-2;/h3-11,19-20,23H,12-15H2,1-2H3,(H,24,26);1H. The molecule has 0 aliphatic carbocycles. The van der Waals surface area contributed by atoms with Crippen molar-refractivity contribution in [1.29, 1.82) is 0 Å². The summed E-state index contributed by atoms with van der Waals surface area (Å²) in [6.07, 6.45) is 0.218. The summed E-state index contributed by atoms with van der Waals surface area (Å²) < 4.78 is 5.51. The van der Waals surface area contributed by atoms with Crippen molar-refractivity contribution in [2.45, 2.75) is 25.4 Å². The lowest BCUT2D eigenvalue weighted by molar-refractivity contribution is -0.135. The number of para-hydroxylation sites is 1. The second kappa shape index (κ2) is 10.8. The summed E-state index contributed by atoms with van der Waals surface area (Å²) in [5.41, 5.74) is 1.91. The molecule has 2 N–H and O–H groups in total. The zero-order valence-corrected chi connectivity index (χ0v) is 17.6. The van der Waals surface area contributed by atoms with Gasteiger partial charge in [-0.15, -0.1) is 12.4 Å². The highest BCUT2D eigenvalue weighted by molar-refractivity contribution is 5.85. The van der Waals surface area contributed by atoms with Gasteiger partial charge in [0, 0.05) is 32.1 Å². The molecule has 1 saturated heterocycles. The molecule has 2 amide bonds. The number of halogens is 1. The van der Waals surface area contributed by atoms with E-state index < -0.39 is 0 Å². The Kier molecular flexibility index (Phi) is 8.49. The van der Waals surface area contributed by atoms with Crippen LogP contribution in [0, 0.1) is 0 Å². The first-order valence-electron chi connectivity index (χ1n) is 9.55. The second-order valence-electron chi connectivity index (χ2n) is 6.92. The summed E-state index contributed by atoms with van der Waals surface area (Å²) >= 11 is 0. The number of benzene rings is 2. The molecule has 156 valence electrons. The van der Waals surface area contributed by atoms with Gasteiger partial charge in [-0.1, -0.05) is 48.5 Å². The van der Waals surface area contributed by atoms with Gasteiger partial charge >= 0.3 is 0 Å². The minimum absolute atomic E-state index is 0. The Balaban J connectivity index is 0.00000300. The Labute approximate surface area is 178 Å². The number of methoxy groups -OCH3 is 1. The molecule has 3 rings (SSSR count). The van der Waals surface area contributed by atoms with Crippen molar-refractivity contribution in [3.05, 3.63) is 65.7 Å². The normalized spacial score (nSPS) is 17.0. The van der Waals surface area contributed by atoms with Crippen molar-refractivity contribution in [2.75, 3.05) is 26.7 Å². The van der Waals surface area contributed by atoms with Gasteiger partial charge in [0.2, 0.25) is 11.8 Å². The molecule has 1 fully saturated rings. The number of nitrogens with one attached hydrogen (secondary N) is 2. The van der Waals surface area contributed by atoms with Crippen molar-refractivity contribution in [3.63, 3.8) is 0 Å². The van der Waals surface area contributed by atoms with Gasteiger partial charge in [-0.25, -0.2) is 0 Å². The summed E-state index contributed by atoms with van der Waals surface area (Å²) in [5, 5.41) is 6.28. The number of carbonyl (C=O) groups excluding carboxylic acids is 2. The molecule has 2 aromatic carbocycles. The minimum Gasteiger partial charge on any atom is -0.496 e. The number of hydrogen-bond donors (Lipinski definition) is 2. The van der Waals surface area contributed by atoms with E-state index in [0.29, 0.717) is 13.1 Å². The van der Waals surface area contributed by atoms with Crippen molar-refractivity contribution in [3.8, 4) is 5.75 Å². The molecule has 0 spiro atoms. The zero-order chi connectivity index (χ0) is 19.9. The average Bonchev–Trinajstić information content (AvgIpc) is 2.73. The molecule has 6 nitrogen and oxygen atoms in total. The van der Waals surface area contributed by atoms with Gasteiger partial charge in [0.25, 0.3) is 0 Å². The van der Waals surface area contributed by atoms with Crippen LogP contribution in [0.25, 0.3) is 0 Å². The van der Waals surface area contributed by atoms with Crippen molar-refractivity contribution >= 4 is 24.2 Å². The van der Waals surface area contributed by atoms with E-state index in [2.05, 4.69) is 10.6 Å². The molecule has 0 radical (unpaired) electrons. The van der Waals surface area contributed by atoms with Crippen LogP contribution < -0.4 is 15.4 Å². The fourth-order valence-electron chi connectivity index (χ4n) is 3.70. The maximum Gasteiger partial charge on any atom is 0.225 e. The van der Waals surface area contributed by atoms with E-state index >= 15 is 0 Å². The lowest BCUT2D eigenvalue weighted by Gasteiger charge is -2.38. The molecule has 0 aromatic heterocycles. The first-order valence-corrected chi connectivity index (χ1v) is 9.55. The van der Waals surface area contributed by atoms with Crippen LogP contribution in [0.3, 0.4) is 0 Å². The maximum atomic E-state index is 13.3. The highest BCUT2D eigenvalue weighted by Gasteiger charge is 2.31. The van der Waals surface area contributed by atoms with Crippen molar-refractivity contribution < 1.29 is 14.3 Å². The van der Waals surface area contributed by atoms with Gasteiger partial charge in [0.1, 0.15) is 5.75 Å². The summed E-state index contributed by atoms with van der Waals surface area (Å²) in [6.45, 7) is 3.50. The predicted molar refractivity (Wildman–Crippen MR) is 115 cm³/mol. The Bertz CT molecular complexity index is 816. The molecule has 2 aromatic rings. The number of ether oxygens (including phenoxy) is 1. The molecule has 0 bridgehead atoms. The molecular weight excluding hydrogens is 390 g/mol. The average molecular weight is 418 g/mol. The molecule has 2 atom stereocenters. The second-order valence-corrected chi connectivity index (χ2v) is 6.92. The van der Waals surface area contributed by atoms with Crippen LogP contribution in [0.1, 0.15) is 36.6 Å². The van der Waals surface area contributed by atoms with Crippen molar-refractivity contribution in [2.24, 2.45) is 0 Å². The third-order valence-corrected chi connectivity index (χ3v) is 5.02. The van der Waals surface area contributed by atoms with Crippen LogP contribution in [-0.4, -0.2) is 43.5 Å². The van der Waals surface area contributed by atoms with E-state index in [1.54, 1.807) is 7.11 Å². The van der Waals surface area contributed by atoms with E-state index in [4.69, 9.17) is 4.74 Å². The number of nitrogens with zero attached hydrogens (tertiary/aromatic N) is 1. The third kappa shape index (κ3) is 5.71. The minimum atomic E-state index is -0.348. The molecule has 1 heterocycles. The van der Waals surface area contributed by atoms with E-state index in [1.165, 1.54) is 6.92 Å². The first kappa shape index (κ1) is 22.7. The highest BCUT2D eigenvalue weighted by Crippen LogP contribution is 2.31. The van der Waals surface area contributed by atoms with Crippen LogP contribution in [0.15, 0.2) is 54.6 Å². The summed E-state index contributed by atoms with van der Waals surface area (Å²) in [5.74, 6) is 0.638. The smallest absolute Gasteiger partial charge is 0.225 e. The van der Waals surface area contributed by atoms with Gasteiger partial charge in [-0.2, -0.15) is 0 Å². The molecular formula is C22H28ClN3O3. The van der Waals surface area contributed by atoms with Crippen LogP contribution in [0.5, 0.6) is 5.75 Å². The number of carbonyl (C=O) groups is 2. The van der Waals surface area contributed by atoms with E-state index in [-0.39, 0.29) is 42.7 Å². The third-order valence-electron chi connectivity index (χ3n) is 5.02.